The van der Waals surface area contributed by atoms with Gasteiger partial charge in [-0.1, -0.05) is 18.2 Å². The van der Waals surface area contributed by atoms with Crippen molar-refractivity contribution in [1.29, 1.82) is 5.26 Å². The number of nitrogens with zero attached hydrogens (tertiary/aromatic N) is 1. The maximum absolute atomic E-state index is 9.23. The zero-order valence-corrected chi connectivity index (χ0v) is 12.4. The van der Waals surface area contributed by atoms with Gasteiger partial charge in [0.1, 0.15) is 17.6 Å². The van der Waals surface area contributed by atoms with Crippen molar-refractivity contribution in [1.82, 2.24) is 0 Å². The van der Waals surface area contributed by atoms with Crippen LogP contribution in [0.3, 0.4) is 0 Å². The van der Waals surface area contributed by atoms with Crippen molar-refractivity contribution >= 4 is 5.69 Å². The van der Waals surface area contributed by atoms with Crippen LogP contribution in [-0.4, -0.2) is 14.2 Å². The van der Waals surface area contributed by atoms with E-state index in [1.54, 1.807) is 26.4 Å². The van der Waals surface area contributed by atoms with Crippen molar-refractivity contribution in [3.8, 4) is 17.6 Å². The molecule has 0 bridgehead atoms. The van der Waals surface area contributed by atoms with Crippen LogP contribution in [0.1, 0.15) is 24.1 Å². The van der Waals surface area contributed by atoms with E-state index in [2.05, 4.69) is 11.4 Å². The summed E-state index contributed by atoms with van der Waals surface area (Å²) in [4.78, 5) is 0. The van der Waals surface area contributed by atoms with Crippen molar-refractivity contribution in [2.75, 3.05) is 19.5 Å². The molecule has 4 heteroatoms. The average Bonchev–Trinajstić information content (AvgIpc) is 2.55. The molecule has 1 atom stereocenters. The number of para-hydroxylation sites is 1. The third kappa shape index (κ3) is 3.26. The number of benzene rings is 2. The van der Waals surface area contributed by atoms with E-state index in [4.69, 9.17) is 9.47 Å². The fourth-order valence-electron chi connectivity index (χ4n) is 2.14. The Kier molecular flexibility index (Phi) is 4.68. The minimum Gasteiger partial charge on any atom is -0.497 e. The number of rotatable bonds is 5. The van der Waals surface area contributed by atoms with Gasteiger partial charge in [0.2, 0.25) is 0 Å². The largest absolute Gasteiger partial charge is 0.497 e. The van der Waals surface area contributed by atoms with Crippen LogP contribution < -0.4 is 14.8 Å². The topological polar surface area (TPSA) is 54.3 Å². The van der Waals surface area contributed by atoms with Gasteiger partial charge in [0, 0.05) is 6.04 Å². The second-order valence-corrected chi connectivity index (χ2v) is 4.63. The van der Waals surface area contributed by atoms with Crippen LogP contribution in [0.5, 0.6) is 11.5 Å². The van der Waals surface area contributed by atoms with Crippen LogP contribution in [-0.2, 0) is 0 Å². The van der Waals surface area contributed by atoms with E-state index in [9.17, 15) is 5.26 Å². The van der Waals surface area contributed by atoms with Gasteiger partial charge in [-0.2, -0.15) is 5.26 Å². The first-order valence-electron chi connectivity index (χ1n) is 6.67. The van der Waals surface area contributed by atoms with Crippen LogP contribution in [0.2, 0.25) is 0 Å². The number of ether oxygens (including phenoxy) is 2. The molecule has 0 aliphatic rings. The van der Waals surface area contributed by atoms with Crippen molar-refractivity contribution in [3.05, 3.63) is 53.6 Å². The van der Waals surface area contributed by atoms with Crippen LogP contribution >= 0.6 is 0 Å². The molecule has 2 aromatic rings. The van der Waals surface area contributed by atoms with Crippen LogP contribution in [0.4, 0.5) is 5.69 Å². The molecular weight excluding hydrogens is 264 g/mol. The Labute approximate surface area is 124 Å². The molecule has 2 aromatic carbocycles. The molecule has 0 radical (unpaired) electrons. The van der Waals surface area contributed by atoms with Crippen molar-refractivity contribution in [3.63, 3.8) is 0 Å². The molecule has 0 fully saturated rings. The summed E-state index contributed by atoms with van der Waals surface area (Å²) in [6.45, 7) is 2.04. The van der Waals surface area contributed by atoms with Gasteiger partial charge in [0.15, 0.2) is 0 Å². The molecule has 0 spiro atoms. The molecular formula is C17H18N2O2. The number of nitrogens with one attached hydrogen (secondary N) is 1. The molecule has 0 heterocycles. The molecule has 4 nitrogen and oxygen atoms in total. The normalized spacial score (nSPS) is 11.3. The van der Waals surface area contributed by atoms with E-state index >= 15 is 0 Å². The summed E-state index contributed by atoms with van der Waals surface area (Å²) in [5.74, 6) is 1.48. The summed E-state index contributed by atoms with van der Waals surface area (Å²) in [6, 6.07) is 15.5. The maximum atomic E-state index is 9.23. The second-order valence-electron chi connectivity index (χ2n) is 4.63. The number of methoxy groups -OCH3 is 2. The first kappa shape index (κ1) is 14.7. The molecule has 108 valence electrons. The zero-order valence-electron chi connectivity index (χ0n) is 12.4. The molecule has 0 amide bonds. The zero-order chi connectivity index (χ0) is 15.2. The van der Waals surface area contributed by atoms with Gasteiger partial charge in [-0.15, -0.1) is 0 Å². The first-order valence-corrected chi connectivity index (χ1v) is 6.67. The SMILES string of the molecule is COc1ccc(C(C)Nc2c(C#N)cccc2OC)cc1. The molecule has 1 unspecified atom stereocenters. The Morgan fingerprint density at radius 1 is 1.05 bits per heavy atom. The summed E-state index contributed by atoms with van der Waals surface area (Å²) in [5.41, 5.74) is 2.38. The first-order chi connectivity index (χ1) is 10.2. The standard InChI is InChI=1S/C17H18N2O2/c1-12(13-7-9-15(20-2)10-8-13)19-17-14(11-18)5-4-6-16(17)21-3/h4-10,12,19H,1-3H3. The molecule has 0 aromatic heterocycles. The van der Waals surface area contributed by atoms with Gasteiger partial charge in [0.25, 0.3) is 0 Å². The quantitative estimate of drug-likeness (QED) is 0.907. The fourth-order valence-corrected chi connectivity index (χ4v) is 2.14. The van der Waals surface area contributed by atoms with Gasteiger partial charge in [-0.25, -0.2) is 0 Å². The number of anilines is 1. The smallest absolute Gasteiger partial charge is 0.143 e. The Morgan fingerprint density at radius 3 is 2.33 bits per heavy atom. The summed E-state index contributed by atoms with van der Waals surface area (Å²) < 4.78 is 10.5. The summed E-state index contributed by atoms with van der Waals surface area (Å²) in [6.07, 6.45) is 0. The van der Waals surface area contributed by atoms with Gasteiger partial charge >= 0.3 is 0 Å². The minimum absolute atomic E-state index is 0.0410. The lowest BCUT2D eigenvalue weighted by atomic mass is 10.1. The third-order valence-electron chi connectivity index (χ3n) is 3.34. The molecule has 1 N–H and O–H groups in total. The molecule has 2 rings (SSSR count). The van der Waals surface area contributed by atoms with Crippen molar-refractivity contribution in [2.45, 2.75) is 13.0 Å². The molecule has 0 saturated heterocycles. The van der Waals surface area contributed by atoms with E-state index < -0.39 is 0 Å². The minimum atomic E-state index is 0.0410. The van der Waals surface area contributed by atoms with E-state index in [-0.39, 0.29) is 6.04 Å². The van der Waals surface area contributed by atoms with Gasteiger partial charge < -0.3 is 14.8 Å². The number of nitriles is 1. The van der Waals surface area contributed by atoms with Crippen LogP contribution in [0.15, 0.2) is 42.5 Å². The van der Waals surface area contributed by atoms with E-state index in [0.717, 1.165) is 11.3 Å². The Hall–Kier alpha value is -2.67. The lowest BCUT2D eigenvalue weighted by Gasteiger charge is -2.19. The lowest BCUT2D eigenvalue weighted by molar-refractivity contribution is 0.414. The Balaban J connectivity index is 2.26. The maximum Gasteiger partial charge on any atom is 0.143 e. The van der Waals surface area contributed by atoms with E-state index in [1.807, 2.05) is 37.3 Å². The van der Waals surface area contributed by atoms with Gasteiger partial charge in [0.05, 0.1) is 25.5 Å². The molecule has 0 aliphatic carbocycles. The van der Waals surface area contributed by atoms with Crippen molar-refractivity contribution < 1.29 is 9.47 Å². The molecule has 0 saturated carbocycles. The average molecular weight is 282 g/mol. The van der Waals surface area contributed by atoms with Crippen LogP contribution in [0, 0.1) is 11.3 Å². The Morgan fingerprint density at radius 2 is 1.76 bits per heavy atom. The van der Waals surface area contributed by atoms with E-state index in [1.165, 1.54) is 0 Å². The fraction of sp³-hybridized carbons (Fsp3) is 0.235. The highest BCUT2D eigenvalue weighted by Gasteiger charge is 2.13. The monoisotopic (exact) mass is 282 g/mol. The van der Waals surface area contributed by atoms with Crippen LogP contribution in [0.25, 0.3) is 0 Å². The van der Waals surface area contributed by atoms with E-state index in [0.29, 0.717) is 17.0 Å². The van der Waals surface area contributed by atoms with Gasteiger partial charge in [-0.3, -0.25) is 0 Å². The summed E-state index contributed by atoms with van der Waals surface area (Å²) in [5, 5.41) is 12.6. The molecule has 21 heavy (non-hydrogen) atoms. The highest BCUT2D eigenvalue weighted by Crippen LogP contribution is 2.31. The predicted octanol–water partition coefficient (Wildman–Crippen LogP) is 3.75. The second kappa shape index (κ2) is 6.67. The van der Waals surface area contributed by atoms with Gasteiger partial charge in [-0.05, 0) is 36.8 Å². The number of hydrogen-bond acceptors (Lipinski definition) is 4. The summed E-state index contributed by atoms with van der Waals surface area (Å²) >= 11 is 0. The van der Waals surface area contributed by atoms with Crippen molar-refractivity contribution in [2.24, 2.45) is 0 Å². The predicted molar refractivity (Wildman–Crippen MR) is 82.7 cm³/mol. The Bertz CT molecular complexity index is 645. The summed E-state index contributed by atoms with van der Waals surface area (Å²) in [7, 11) is 3.24. The molecule has 0 aliphatic heterocycles. The highest BCUT2D eigenvalue weighted by molar-refractivity contribution is 5.67. The third-order valence-corrected chi connectivity index (χ3v) is 3.34. The number of hydrogen-bond donors (Lipinski definition) is 1. The highest BCUT2D eigenvalue weighted by atomic mass is 16.5. The lowest BCUT2D eigenvalue weighted by Crippen LogP contribution is -2.09.